The number of nitrogens with zero attached hydrogens (tertiary/aromatic N) is 2. The number of carbonyl (C=O) groups is 2. The summed E-state index contributed by atoms with van der Waals surface area (Å²) in [5.41, 5.74) is -0.759. The predicted molar refractivity (Wildman–Crippen MR) is 75.7 cm³/mol. The zero-order chi connectivity index (χ0) is 15.2. The molecule has 0 aromatic heterocycles. The molecule has 1 heterocycles. The molecule has 2 amide bonds. The number of ether oxygens (including phenoxy) is 1. The predicted octanol–water partition coefficient (Wildman–Crippen LogP) is 1.65. The highest BCUT2D eigenvalue weighted by molar-refractivity contribution is 5.79. The molecule has 1 rings (SSSR count). The average molecular weight is 286 g/mol. The summed E-state index contributed by atoms with van der Waals surface area (Å²) in [5.74, 6) is -0.786. The van der Waals surface area contributed by atoms with Crippen molar-refractivity contribution in [3.8, 4) is 0 Å². The molecule has 0 aromatic rings. The van der Waals surface area contributed by atoms with Crippen molar-refractivity contribution in [3.63, 3.8) is 0 Å². The molecule has 0 aliphatic carbocycles. The van der Waals surface area contributed by atoms with Crippen LogP contribution in [0.5, 0.6) is 0 Å². The maximum atomic E-state index is 12.3. The highest BCUT2D eigenvalue weighted by atomic mass is 16.5. The lowest BCUT2D eigenvalue weighted by Gasteiger charge is -2.27. The Bertz CT molecular complexity index is 348. The van der Waals surface area contributed by atoms with E-state index in [1.54, 1.807) is 16.8 Å². The highest BCUT2D eigenvalue weighted by Crippen LogP contribution is 2.35. The van der Waals surface area contributed by atoms with E-state index < -0.39 is 11.4 Å². The number of aliphatic carboxylic acids is 1. The first-order valence-electron chi connectivity index (χ1n) is 7.28. The van der Waals surface area contributed by atoms with E-state index in [0.717, 1.165) is 6.42 Å². The number of carboxylic acid groups (broad SMARTS) is 1. The molecule has 1 fully saturated rings. The largest absolute Gasteiger partial charge is 0.481 e. The van der Waals surface area contributed by atoms with Gasteiger partial charge in [-0.1, -0.05) is 13.3 Å². The van der Waals surface area contributed by atoms with Gasteiger partial charge >= 0.3 is 12.0 Å². The molecular weight excluding hydrogens is 260 g/mol. The Morgan fingerprint density at radius 3 is 2.65 bits per heavy atom. The summed E-state index contributed by atoms with van der Waals surface area (Å²) in [4.78, 5) is 27.0. The number of urea groups is 1. The molecule has 0 bridgehead atoms. The van der Waals surface area contributed by atoms with Crippen molar-refractivity contribution < 1.29 is 19.4 Å². The standard InChI is InChI=1S/C14H26N2O4/c1-4-6-14(12(17)18)7-8-16(11-14)13(19)15(3)9-10-20-5-2/h4-11H2,1-3H3,(H,17,18). The Morgan fingerprint density at radius 2 is 2.10 bits per heavy atom. The lowest BCUT2D eigenvalue weighted by atomic mass is 9.83. The zero-order valence-electron chi connectivity index (χ0n) is 12.7. The topological polar surface area (TPSA) is 70.1 Å². The van der Waals surface area contributed by atoms with Crippen LogP contribution in [0.25, 0.3) is 0 Å². The Morgan fingerprint density at radius 1 is 1.40 bits per heavy atom. The molecule has 1 aliphatic rings. The molecule has 116 valence electrons. The molecular formula is C14H26N2O4. The number of likely N-dealkylation sites (tertiary alicyclic amines) is 1. The fraction of sp³-hybridized carbons (Fsp3) is 0.857. The van der Waals surface area contributed by atoms with Gasteiger partial charge in [0.1, 0.15) is 0 Å². The lowest BCUT2D eigenvalue weighted by molar-refractivity contribution is -0.148. The summed E-state index contributed by atoms with van der Waals surface area (Å²) in [7, 11) is 1.72. The first-order chi connectivity index (χ1) is 9.46. The first kappa shape index (κ1) is 16.8. The summed E-state index contributed by atoms with van der Waals surface area (Å²) >= 11 is 0. The van der Waals surface area contributed by atoms with Crippen LogP contribution in [0.3, 0.4) is 0 Å². The second-order valence-corrected chi connectivity index (χ2v) is 5.41. The van der Waals surface area contributed by atoms with Crippen LogP contribution in [0, 0.1) is 5.41 Å². The summed E-state index contributed by atoms with van der Waals surface area (Å²) in [6.45, 7) is 6.38. The van der Waals surface area contributed by atoms with E-state index in [-0.39, 0.29) is 6.03 Å². The van der Waals surface area contributed by atoms with Crippen LogP contribution >= 0.6 is 0 Å². The molecule has 0 saturated carbocycles. The second kappa shape index (κ2) is 7.47. The number of hydrogen-bond donors (Lipinski definition) is 1. The van der Waals surface area contributed by atoms with Crippen LogP contribution in [-0.4, -0.2) is 66.8 Å². The van der Waals surface area contributed by atoms with Crippen molar-refractivity contribution in [3.05, 3.63) is 0 Å². The minimum Gasteiger partial charge on any atom is -0.481 e. The second-order valence-electron chi connectivity index (χ2n) is 5.41. The van der Waals surface area contributed by atoms with Crippen LogP contribution in [0.15, 0.2) is 0 Å². The van der Waals surface area contributed by atoms with Gasteiger partial charge in [0.05, 0.1) is 12.0 Å². The quantitative estimate of drug-likeness (QED) is 0.722. The normalized spacial score (nSPS) is 22.1. The van der Waals surface area contributed by atoms with Crippen LogP contribution in [0.4, 0.5) is 4.79 Å². The molecule has 1 atom stereocenters. The molecule has 0 aromatic carbocycles. The zero-order valence-corrected chi connectivity index (χ0v) is 12.7. The third kappa shape index (κ3) is 3.85. The summed E-state index contributed by atoms with van der Waals surface area (Å²) < 4.78 is 5.23. The van der Waals surface area contributed by atoms with Gasteiger partial charge in [-0.3, -0.25) is 4.79 Å². The van der Waals surface area contributed by atoms with Gasteiger partial charge in [-0.25, -0.2) is 4.79 Å². The number of carboxylic acids is 1. The molecule has 1 saturated heterocycles. The van der Waals surface area contributed by atoms with E-state index in [0.29, 0.717) is 45.7 Å². The van der Waals surface area contributed by atoms with E-state index in [1.165, 1.54) is 0 Å². The van der Waals surface area contributed by atoms with Gasteiger partial charge < -0.3 is 19.6 Å². The minimum absolute atomic E-state index is 0.107. The van der Waals surface area contributed by atoms with Gasteiger partial charge in [-0.15, -0.1) is 0 Å². The molecule has 6 nitrogen and oxygen atoms in total. The van der Waals surface area contributed by atoms with E-state index in [9.17, 15) is 14.7 Å². The fourth-order valence-corrected chi connectivity index (χ4v) is 2.68. The number of hydrogen-bond acceptors (Lipinski definition) is 3. The Balaban J connectivity index is 2.57. The summed E-state index contributed by atoms with van der Waals surface area (Å²) in [5, 5.41) is 9.43. The van der Waals surface area contributed by atoms with E-state index in [2.05, 4.69) is 0 Å². The molecule has 20 heavy (non-hydrogen) atoms. The molecule has 0 radical (unpaired) electrons. The third-order valence-electron chi connectivity index (χ3n) is 3.91. The molecule has 1 unspecified atom stereocenters. The maximum absolute atomic E-state index is 12.3. The summed E-state index contributed by atoms with van der Waals surface area (Å²) in [6.07, 6.45) is 1.98. The van der Waals surface area contributed by atoms with Crippen molar-refractivity contribution in [2.24, 2.45) is 5.41 Å². The maximum Gasteiger partial charge on any atom is 0.319 e. The van der Waals surface area contributed by atoms with Gasteiger partial charge in [-0.05, 0) is 19.8 Å². The molecule has 6 heteroatoms. The van der Waals surface area contributed by atoms with E-state index >= 15 is 0 Å². The average Bonchev–Trinajstić information content (AvgIpc) is 2.84. The van der Waals surface area contributed by atoms with Gasteiger partial charge in [0, 0.05) is 33.3 Å². The van der Waals surface area contributed by atoms with E-state index in [4.69, 9.17) is 4.74 Å². The van der Waals surface area contributed by atoms with Crippen molar-refractivity contribution in [1.82, 2.24) is 9.80 Å². The van der Waals surface area contributed by atoms with Crippen molar-refractivity contribution in [1.29, 1.82) is 0 Å². The molecule has 1 aliphatic heterocycles. The monoisotopic (exact) mass is 286 g/mol. The Labute approximate surface area is 120 Å². The minimum atomic E-state index is -0.786. The smallest absolute Gasteiger partial charge is 0.319 e. The van der Waals surface area contributed by atoms with Gasteiger partial charge in [0.15, 0.2) is 0 Å². The molecule has 1 N–H and O–H groups in total. The van der Waals surface area contributed by atoms with E-state index in [1.807, 2.05) is 13.8 Å². The Hall–Kier alpha value is -1.30. The lowest BCUT2D eigenvalue weighted by Crippen LogP contribution is -2.43. The van der Waals surface area contributed by atoms with Crippen molar-refractivity contribution in [2.75, 3.05) is 39.9 Å². The van der Waals surface area contributed by atoms with Gasteiger partial charge in [0.2, 0.25) is 0 Å². The van der Waals surface area contributed by atoms with Crippen LogP contribution in [0.1, 0.15) is 33.1 Å². The molecule has 0 spiro atoms. The van der Waals surface area contributed by atoms with Crippen LogP contribution in [-0.2, 0) is 9.53 Å². The SMILES string of the molecule is CCCC1(C(=O)O)CCN(C(=O)N(C)CCOCC)C1. The number of rotatable bonds is 7. The van der Waals surface area contributed by atoms with Gasteiger partial charge in [0.25, 0.3) is 0 Å². The number of likely N-dealkylation sites (N-methyl/N-ethyl adjacent to an activating group) is 1. The third-order valence-corrected chi connectivity index (χ3v) is 3.91. The van der Waals surface area contributed by atoms with Gasteiger partial charge in [-0.2, -0.15) is 0 Å². The van der Waals surface area contributed by atoms with Crippen molar-refractivity contribution >= 4 is 12.0 Å². The van der Waals surface area contributed by atoms with Crippen molar-refractivity contribution in [2.45, 2.75) is 33.1 Å². The van der Waals surface area contributed by atoms with Crippen LogP contribution in [0.2, 0.25) is 0 Å². The fourth-order valence-electron chi connectivity index (χ4n) is 2.68. The highest BCUT2D eigenvalue weighted by Gasteiger charge is 2.45. The Kier molecular flexibility index (Phi) is 6.26. The first-order valence-corrected chi connectivity index (χ1v) is 7.28. The summed E-state index contributed by atoms with van der Waals surface area (Å²) in [6, 6.07) is -0.107. The number of amides is 2. The van der Waals surface area contributed by atoms with Crippen LogP contribution < -0.4 is 0 Å². The number of carbonyl (C=O) groups excluding carboxylic acids is 1.